The topological polar surface area (TPSA) is 166 Å². The number of para-hydroxylation sites is 1. The largest absolute Gasteiger partial charge is 0.480 e. The monoisotopic (exact) mass is 445 g/mol. The van der Waals surface area contributed by atoms with Gasteiger partial charge in [0.1, 0.15) is 18.6 Å². The van der Waals surface area contributed by atoms with Gasteiger partial charge < -0.3 is 31.8 Å². The number of carbonyl (C=O) groups is 4. The number of hydrogen-bond donors (Lipinski definition) is 6. The molecule has 4 unspecified atom stereocenters. The molecule has 10 nitrogen and oxygen atoms in total. The molecule has 3 amide bonds. The summed E-state index contributed by atoms with van der Waals surface area (Å²) in [5.74, 6) is -2.92. The first-order valence-electron chi connectivity index (χ1n) is 10.5. The van der Waals surface area contributed by atoms with Crippen LogP contribution in [0.5, 0.6) is 0 Å². The molecule has 10 heteroatoms. The molecule has 0 bridgehead atoms. The zero-order chi connectivity index (χ0) is 23.8. The molecule has 4 atom stereocenters. The second-order valence-electron chi connectivity index (χ2n) is 7.88. The number of fused-ring (bicyclic) bond motifs is 1. The van der Waals surface area contributed by atoms with Crippen molar-refractivity contribution in [3.05, 3.63) is 36.0 Å². The average molecular weight is 446 g/mol. The Hall–Kier alpha value is -3.40. The third kappa shape index (κ3) is 6.55. The van der Waals surface area contributed by atoms with Crippen molar-refractivity contribution in [1.29, 1.82) is 0 Å². The Balaban J connectivity index is 2.13. The van der Waals surface area contributed by atoms with Crippen LogP contribution < -0.4 is 21.7 Å². The predicted octanol–water partition coefficient (Wildman–Crippen LogP) is 0.274. The number of H-pyrrole nitrogens is 1. The van der Waals surface area contributed by atoms with Gasteiger partial charge in [-0.1, -0.05) is 38.5 Å². The van der Waals surface area contributed by atoms with Crippen molar-refractivity contribution in [3.8, 4) is 0 Å². The molecule has 174 valence electrons. The van der Waals surface area contributed by atoms with E-state index in [1.807, 2.05) is 38.1 Å². The summed E-state index contributed by atoms with van der Waals surface area (Å²) in [6.45, 7) is 4.68. The Labute approximate surface area is 186 Å². The van der Waals surface area contributed by atoms with Gasteiger partial charge in [0, 0.05) is 23.5 Å². The lowest BCUT2D eigenvalue weighted by Crippen LogP contribution is -2.56. The normalized spacial score (nSPS) is 14.8. The molecule has 7 N–H and O–H groups in total. The fourth-order valence-corrected chi connectivity index (χ4v) is 3.20. The van der Waals surface area contributed by atoms with Crippen LogP contribution in [0.15, 0.2) is 30.5 Å². The molecule has 0 saturated carbocycles. The third-order valence-corrected chi connectivity index (χ3v) is 5.46. The standard InChI is InChI=1S/C22H31N5O5/c1-4-12(2)19(23)22(32)26-13(3)20(30)27-17(21(31)25-11-18(28)29)9-14-10-24-16-8-6-5-7-15(14)16/h5-8,10,12-13,17,19,24H,4,9,11,23H2,1-3H3,(H,25,31)(H,26,32)(H,27,30)(H,28,29). The lowest BCUT2D eigenvalue weighted by molar-refractivity contribution is -0.138. The Morgan fingerprint density at radius 2 is 1.75 bits per heavy atom. The first kappa shape index (κ1) is 24.9. The molecule has 0 spiro atoms. The van der Waals surface area contributed by atoms with Gasteiger partial charge in [-0.05, 0) is 24.5 Å². The minimum absolute atomic E-state index is 0.0540. The van der Waals surface area contributed by atoms with Crippen molar-refractivity contribution in [2.45, 2.75) is 51.7 Å². The number of carboxylic acid groups (broad SMARTS) is 1. The number of aromatic nitrogens is 1. The van der Waals surface area contributed by atoms with Crippen LogP contribution in [0, 0.1) is 5.92 Å². The van der Waals surface area contributed by atoms with E-state index in [0.717, 1.165) is 16.5 Å². The van der Waals surface area contributed by atoms with Crippen LogP contribution in [0.3, 0.4) is 0 Å². The molecule has 1 heterocycles. The fourth-order valence-electron chi connectivity index (χ4n) is 3.20. The van der Waals surface area contributed by atoms with Gasteiger partial charge in [-0.2, -0.15) is 0 Å². The summed E-state index contributed by atoms with van der Waals surface area (Å²) in [5.41, 5.74) is 7.57. The van der Waals surface area contributed by atoms with Gasteiger partial charge in [-0.15, -0.1) is 0 Å². The number of rotatable bonds is 11. The first-order chi connectivity index (χ1) is 15.1. The highest BCUT2D eigenvalue weighted by atomic mass is 16.4. The molecular weight excluding hydrogens is 414 g/mol. The highest BCUT2D eigenvalue weighted by molar-refractivity contribution is 5.94. The van der Waals surface area contributed by atoms with Crippen LogP contribution in [0.1, 0.15) is 32.8 Å². The number of hydrogen-bond acceptors (Lipinski definition) is 5. The molecule has 2 rings (SSSR count). The summed E-state index contributed by atoms with van der Waals surface area (Å²) in [7, 11) is 0. The van der Waals surface area contributed by atoms with Crippen LogP contribution in [0.4, 0.5) is 0 Å². The van der Waals surface area contributed by atoms with E-state index in [9.17, 15) is 19.2 Å². The van der Waals surface area contributed by atoms with E-state index in [0.29, 0.717) is 6.42 Å². The second-order valence-corrected chi connectivity index (χ2v) is 7.88. The summed E-state index contributed by atoms with van der Waals surface area (Å²) in [6.07, 6.45) is 2.59. The summed E-state index contributed by atoms with van der Waals surface area (Å²) in [6, 6.07) is 4.77. The smallest absolute Gasteiger partial charge is 0.322 e. The third-order valence-electron chi connectivity index (χ3n) is 5.46. The van der Waals surface area contributed by atoms with E-state index >= 15 is 0 Å². The van der Waals surface area contributed by atoms with Crippen LogP contribution in [-0.2, 0) is 25.6 Å². The van der Waals surface area contributed by atoms with Crippen molar-refractivity contribution in [1.82, 2.24) is 20.9 Å². The number of carbonyl (C=O) groups excluding carboxylic acids is 3. The van der Waals surface area contributed by atoms with Crippen LogP contribution in [-0.4, -0.2) is 58.5 Å². The van der Waals surface area contributed by atoms with Crippen LogP contribution >= 0.6 is 0 Å². The van der Waals surface area contributed by atoms with E-state index in [2.05, 4.69) is 20.9 Å². The summed E-state index contributed by atoms with van der Waals surface area (Å²) in [5, 5.41) is 17.2. The van der Waals surface area contributed by atoms with E-state index in [4.69, 9.17) is 10.8 Å². The van der Waals surface area contributed by atoms with Gasteiger partial charge in [0.15, 0.2) is 0 Å². The molecular formula is C22H31N5O5. The maximum Gasteiger partial charge on any atom is 0.322 e. The first-order valence-corrected chi connectivity index (χ1v) is 10.5. The Morgan fingerprint density at radius 1 is 1.06 bits per heavy atom. The van der Waals surface area contributed by atoms with Gasteiger partial charge in [0.25, 0.3) is 0 Å². The number of nitrogens with two attached hydrogens (primary N) is 1. The molecule has 0 saturated heterocycles. The second kappa shape index (κ2) is 11.3. The van der Waals surface area contributed by atoms with Crippen LogP contribution in [0.2, 0.25) is 0 Å². The number of benzene rings is 1. The maximum absolute atomic E-state index is 12.7. The molecule has 1 aromatic carbocycles. The van der Waals surface area contributed by atoms with E-state index in [1.54, 1.807) is 6.20 Å². The maximum atomic E-state index is 12.7. The zero-order valence-corrected chi connectivity index (χ0v) is 18.5. The molecule has 0 aliphatic carbocycles. The van der Waals surface area contributed by atoms with Gasteiger partial charge in [-0.25, -0.2) is 0 Å². The van der Waals surface area contributed by atoms with Gasteiger partial charge in [-0.3, -0.25) is 19.2 Å². The number of amides is 3. The van der Waals surface area contributed by atoms with Crippen molar-refractivity contribution in [3.63, 3.8) is 0 Å². The molecule has 0 aliphatic heterocycles. The fraction of sp³-hybridized carbons (Fsp3) is 0.455. The van der Waals surface area contributed by atoms with E-state index in [1.165, 1.54) is 6.92 Å². The highest BCUT2D eigenvalue weighted by Gasteiger charge is 2.27. The van der Waals surface area contributed by atoms with E-state index in [-0.39, 0.29) is 12.3 Å². The van der Waals surface area contributed by atoms with Gasteiger partial charge in [0.2, 0.25) is 17.7 Å². The van der Waals surface area contributed by atoms with Crippen molar-refractivity contribution in [2.75, 3.05) is 6.54 Å². The zero-order valence-electron chi connectivity index (χ0n) is 18.5. The average Bonchev–Trinajstić information content (AvgIpc) is 3.18. The Bertz CT molecular complexity index is 973. The minimum Gasteiger partial charge on any atom is -0.480 e. The molecule has 1 aromatic heterocycles. The number of aliphatic carboxylic acids is 1. The molecule has 0 aliphatic rings. The van der Waals surface area contributed by atoms with Gasteiger partial charge in [0.05, 0.1) is 6.04 Å². The SMILES string of the molecule is CCC(C)C(N)C(=O)NC(C)C(=O)NC(Cc1c[nH]c2ccccc12)C(=O)NCC(=O)O. The Morgan fingerprint density at radius 3 is 2.41 bits per heavy atom. The van der Waals surface area contributed by atoms with Gasteiger partial charge >= 0.3 is 5.97 Å². The van der Waals surface area contributed by atoms with Crippen molar-refractivity contribution >= 4 is 34.6 Å². The summed E-state index contributed by atoms with van der Waals surface area (Å²) < 4.78 is 0. The summed E-state index contributed by atoms with van der Waals surface area (Å²) >= 11 is 0. The van der Waals surface area contributed by atoms with Crippen LogP contribution in [0.25, 0.3) is 10.9 Å². The minimum atomic E-state index is -1.20. The quantitative estimate of drug-likeness (QED) is 0.290. The molecule has 0 radical (unpaired) electrons. The highest BCUT2D eigenvalue weighted by Crippen LogP contribution is 2.19. The Kier molecular flexibility index (Phi) is 8.77. The number of aromatic amines is 1. The lowest BCUT2D eigenvalue weighted by Gasteiger charge is -2.23. The van der Waals surface area contributed by atoms with Crippen molar-refractivity contribution in [2.24, 2.45) is 11.7 Å². The van der Waals surface area contributed by atoms with Crippen molar-refractivity contribution < 1.29 is 24.3 Å². The molecule has 2 aromatic rings. The van der Waals surface area contributed by atoms with E-state index < -0.39 is 48.4 Å². The molecule has 32 heavy (non-hydrogen) atoms. The summed E-state index contributed by atoms with van der Waals surface area (Å²) in [4.78, 5) is 51.6. The number of nitrogens with one attached hydrogen (secondary N) is 4. The predicted molar refractivity (Wildman–Crippen MR) is 120 cm³/mol. The number of carboxylic acids is 1. The lowest BCUT2D eigenvalue weighted by atomic mass is 9.99. The molecule has 0 fully saturated rings.